The van der Waals surface area contributed by atoms with Crippen molar-refractivity contribution in [3.8, 4) is 16.9 Å². The van der Waals surface area contributed by atoms with Crippen molar-refractivity contribution in [1.82, 2.24) is 15.1 Å². The van der Waals surface area contributed by atoms with E-state index < -0.39 is 0 Å². The first-order valence-electron chi connectivity index (χ1n) is 9.60. The van der Waals surface area contributed by atoms with Gasteiger partial charge in [0.2, 0.25) is 5.91 Å². The molecule has 1 heterocycles. The molecular formula is C25H20ClN3O. The van der Waals surface area contributed by atoms with E-state index >= 15 is 0 Å². The molecule has 3 aromatic carbocycles. The molecule has 0 saturated heterocycles. The Morgan fingerprint density at radius 1 is 0.933 bits per heavy atom. The molecule has 5 heteroatoms. The van der Waals surface area contributed by atoms with Gasteiger partial charge in [0, 0.05) is 35.0 Å². The average Bonchev–Trinajstić information content (AvgIpc) is 3.22. The number of nitrogens with one attached hydrogen (secondary N) is 1. The minimum absolute atomic E-state index is 0.159. The Balaban J connectivity index is 1.59. The largest absolute Gasteiger partial charge is 0.348 e. The monoisotopic (exact) mass is 413 g/mol. The first-order chi connectivity index (χ1) is 14.7. The van der Waals surface area contributed by atoms with Gasteiger partial charge in [0.25, 0.3) is 0 Å². The molecule has 30 heavy (non-hydrogen) atoms. The number of carbonyl (C=O) groups excluding carboxylic acids is 1. The number of carbonyl (C=O) groups is 1. The molecule has 0 fully saturated rings. The van der Waals surface area contributed by atoms with Crippen LogP contribution in [0.4, 0.5) is 0 Å². The summed E-state index contributed by atoms with van der Waals surface area (Å²) in [5, 5.41) is 8.31. The molecule has 0 radical (unpaired) electrons. The van der Waals surface area contributed by atoms with E-state index in [0.717, 1.165) is 28.1 Å². The van der Waals surface area contributed by atoms with E-state index in [0.29, 0.717) is 11.6 Å². The molecule has 0 atom stereocenters. The van der Waals surface area contributed by atoms with Crippen molar-refractivity contribution in [2.75, 3.05) is 0 Å². The summed E-state index contributed by atoms with van der Waals surface area (Å²) in [4.78, 5) is 12.3. The predicted molar refractivity (Wildman–Crippen MR) is 121 cm³/mol. The first kappa shape index (κ1) is 19.7. The topological polar surface area (TPSA) is 46.9 Å². The van der Waals surface area contributed by atoms with Gasteiger partial charge in [-0.3, -0.25) is 4.79 Å². The summed E-state index contributed by atoms with van der Waals surface area (Å²) in [5.41, 5.74) is 4.55. The summed E-state index contributed by atoms with van der Waals surface area (Å²) in [6, 6.07) is 27.2. The summed E-state index contributed by atoms with van der Waals surface area (Å²) < 4.78 is 1.81. The minimum Gasteiger partial charge on any atom is -0.348 e. The second-order valence-electron chi connectivity index (χ2n) is 6.76. The highest BCUT2D eigenvalue weighted by Crippen LogP contribution is 2.26. The van der Waals surface area contributed by atoms with E-state index in [2.05, 4.69) is 5.32 Å². The third-order valence-corrected chi connectivity index (χ3v) is 4.86. The molecule has 148 valence electrons. The quantitative estimate of drug-likeness (QED) is 0.423. The highest BCUT2D eigenvalue weighted by atomic mass is 35.5. The molecule has 0 aliphatic rings. The first-order valence-corrected chi connectivity index (χ1v) is 9.98. The Hall–Kier alpha value is -3.63. The fourth-order valence-corrected chi connectivity index (χ4v) is 3.19. The molecule has 4 nitrogen and oxygen atoms in total. The fourth-order valence-electron chi connectivity index (χ4n) is 3.06. The number of para-hydroxylation sites is 1. The highest BCUT2D eigenvalue weighted by Gasteiger charge is 2.11. The van der Waals surface area contributed by atoms with E-state index in [4.69, 9.17) is 16.7 Å². The smallest absolute Gasteiger partial charge is 0.244 e. The van der Waals surface area contributed by atoms with Crippen molar-refractivity contribution >= 4 is 23.6 Å². The van der Waals surface area contributed by atoms with Gasteiger partial charge in [-0.2, -0.15) is 5.10 Å². The average molecular weight is 414 g/mol. The molecule has 1 aromatic heterocycles. The van der Waals surface area contributed by atoms with Gasteiger partial charge in [-0.1, -0.05) is 72.3 Å². The van der Waals surface area contributed by atoms with Gasteiger partial charge < -0.3 is 5.32 Å². The van der Waals surface area contributed by atoms with Gasteiger partial charge in [0.15, 0.2) is 0 Å². The molecule has 4 aromatic rings. The van der Waals surface area contributed by atoms with Gasteiger partial charge in [0.1, 0.15) is 0 Å². The van der Waals surface area contributed by atoms with Crippen LogP contribution in [0, 0.1) is 0 Å². The summed E-state index contributed by atoms with van der Waals surface area (Å²) >= 11 is 6.04. The van der Waals surface area contributed by atoms with E-state index in [9.17, 15) is 4.79 Å². The lowest BCUT2D eigenvalue weighted by Gasteiger charge is -2.02. The number of hydrogen-bond donors (Lipinski definition) is 1. The number of rotatable bonds is 6. The minimum atomic E-state index is -0.159. The van der Waals surface area contributed by atoms with Crippen LogP contribution in [0.1, 0.15) is 11.1 Å². The van der Waals surface area contributed by atoms with Crippen molar-refractivity contribution in [1.29, 1.82) is 0 Å². The Bertz CT molecular complexity index is 1150. The fraction of sp³-hybridized carbons (Fsp3) is 0.0400. The standard InChI is InChI=1S/C25H20ClN3O/c26-22-14-11-20(12-15-22)25-21(18-29(28-25)23-9-5-2-6-10-23)13-16-24(30)27-17-19-7-3-1-4-8-19/h1-16,18H,17H2,(H,27,30)/b16-13-. The van der Waals surface area contributed by atoms with Crippen molar-refractivity contribution in [3.05, 3.63) is 113 Å². The Labute approximate surface area is 180 Å². The Morgan fingerprint density at radius 3 is 2.30 bits per heavy atom. The molecule has 1 N–H and O–H groups in total. The molecule has 0 saturated carbocycles. The van der Waals surface area contributed by atoms with E-state index in [1.165, 1.54) is 6.08 Å². The number of aromatic nitrogens is 2. The zero-order valence-corrected chi connectivity index (χ0v) is 17.0. The van der Waals surface area contributed by atoms with E-state index in [-0.39, 0.29) is 5.91 Å². The lowest BCUT2D eigenvalue weighted by molar-refractivity contribution is -0.116. The van der Waals surface area contributed by atoms with Crippen LogP contribution >= 0.6 is 11.6 Å². The van der Waals surface area contributed by atoms with Crippen LogP contribution in [-0.2, 0) is 11.3 Å². The van der Waals surface area contributed by atoms with Crippen LogP contribution in [0.5, 0.6) is 0 Å². The Kier molecular flexibility index (Phi) is 6.06. The maximum Gasteiger partial charge on any atom is 0.244 e. The summed E-state index contributed by atoms with van der Waals surface area (Å²) in [6.07, 6.45) is 5.24. The van der Waals surface area contributed by atoms with Crippen LogP contribution in [-0.4, -0.2) is 15.7 Å². The molecule has 0 aliphatic carbocycles. The maximum absolute atomic E-state index is 12.3. The summed E-state index contributed by atoms with van der Waals surface area (Å²) in [5.74, 6) is -0.159. The third-order valence-electron chi connectivity index (χ3n) is 4.60. The van der Waals surface area contributed by atoms with Gasteiger partial charge in [-0.25, -0.2) is 4.68 Å². The normalized spacial score (nSPS) is 11.0. The summed E-state index contributed by atoms with van der Waals surface area (Å²) in [6.45, 7) is 0.483. The SMILES string of the molecule is O=C(/C=C\c1cn(-c2ccccc2)nc1-c1ccc(Cl)cc1)NCc1ccccc1. The van der Waals surface area contributed by atoms with Crippen molar-refractivity contribution < 1.29 is 4.79 Å². The highest BCUT2D eigenvalue weighted by molar-refractivity contribution is 6.30. The van der Waals surface area contributed by atoms with Crippen LogP contribution in [0.2, 0.25) is 5.02 Å². The maximum atomic E-state index is 12.3. The van der Waals surface area contributed by atoms with Gasteiger partial charge in [-0.05, 0) is 35.9 Å². The van der Waals surface area contributed by atoms with Gasteiger partial charge in [0.05, 0.1) is 11.4 Å². The van der Waals surface area contributed by atoms with E-state index in [1.54, 1.807) is 6.08 Å². The van der Waals surface area contributed by atoms with Crippen molar-refractivity contribution in [2.45, 2.75) is 6.54 Å². The molecular weight excluding hydrogens is 394 g/mol. The summed E-state index contributed by atoms with van der Waals surface area (Å²) in [7, 11) is 0. The molecule has 0 spiro atoms. The molecule has 0 aliphatic heterocycles. The zero-order valence-electron chi connectivity index (χ0n) is 16.2. The molecule has 0 bridgehead atoms. The zero-order chi connectivity index (χ0) is 20.8. The van der Waals surface area contributed by atoms with Crippen LogP contribution in [0.25, 0.3) is 23.0 Å². The van der Waals surface area contributed by atoms with Crippen LogP contribution < -0.4 is 5.32 Å². The lowest BCUT2D eigenvalue weighted by atomic mass is 10.1. The number of hydrogen-bond acceptors (Lipinski definition) is 2. The molecule has 1 amide bonds. The number of amides is 1. The Morgan fingerprint density at radius 2 is 1.60 bits per heavy atom. The molecule has 0 unspecified atom stereocenters. The van der Waals surface area contributed by atoms with Crippen molar-refractivity contribution in [3.63, 3.8) is 0 Å². The second-order valence-corrected chi connectivity index (χ2v) is 7.19. The number of benzene rings is 3. The number of halogens is 1. The van der Waals surface area contributed by atoms with E-state index in [1.807, 2.05) is 95.8 Å². The van der Waals surface area contributed by atoms with Gasteiger partial charge >= 0.3 is 0 Å². The second kappa shape index (κ2) is 9.25. The number of nitrogens with zero attached hydrogens (tertiary/aromatic N) is 2. The third kappa shape index (κ3) is 4.85. The molecule has 4 rings (SSSR count). The van der Waals surface area contributed by atoms with Gasteiger partial charge in [-0.15, -0.1) is 0 Å². The lowest BCUT2D eigenvalue weighted by Crippen LogP contribution is -2.20. The van der Waals surface area contributed by atoms with Crippen LogP contribution in [0.15, 0.2) is 97.2 Å². The van der Waals surface area contributed by atoms with Crippen LogP contribution in [0.3, 0.4) is 0 Å². The predicted octanol–water partition coefficient (Wildman–Crippen LogP) is 5.52. The van der Waals surface area contributed by atoms with Crippen molar-refractivity contribution in [2.24, 2.45) is 0 Å².